The summed E-state index contributed by atoms with van der Waals surface area (Å²) in [7, 11) is 0. The lowest BCUT2D eigenvalue weighted by Gasteiger charge is -2.31. The van der Waals surface area contributed by atoms with Crippen molar-refractivity contribution >= 4 is 40.3 Å². The van der Waals surface area contributed by atoms with Crippen molar-refractivity contribution < 1.29 is 18.8 Å². The van der Waals surface area contributed by atoms with Gasteiger partial charge in [0.25, 0.3) is 17.6 Å². The Morgan fingerprint density at radius 1 is 1.06 bits per heavy atom. The fraction of sp³-hybridized carbons (Fsp3) is 0.292. The van der Waals surface area contributed by atoms with Gasteiger partial charge in [-0.2, -0.15) is 0 Å². The van der Waals surface area contributed by atoms with Crippen LogP contribution in [-0.2, 0) is 4.79 Å². The molecule has 1 N–H and O–H groups in total. The molecular weight excluding hydrogens is 412 g/mol. The molecule has 31 heavy (non-hydrogen) atoms. The fourth-order valence-electron chi connectivity index (χ4n) is 3.76. The second kappa shape index (κ2) is 9.39. The maximum absolute atomic E-state index is 12.6. The monoisotopic (exact) mass is 436 g/mol. The highest BCUT2D eigenvalue weighted by Crippen LogP contribution is 2.22. The molecule has 0 unspecified atom stereocenters. The van der Waals surface area contributed by atoms with Gasteiger partial charge >= 0.3 is 0 Å². The first-order chi connectivity index (χ1) is 15.0. The molecule has 1 aliphatic rings. The normalized spacial score (nSPS) is 14.5. The number of ketones is 1. The molecule has 0 spiro atoms. The molecule has 0 atom stereocenters. The third-order valence-electron chi connectivity index (χ3n) is 5.65. The Balaban J connectivity index is 1.27. The van der Waals surface area contributed by atoms with Gasteiger partial charge in [0, 0.05) is 35.5 Å². The molecular formula is C24H24N2O4S. The predicted octanol–water partition coefficient (Wildman–Crippen LogP) is 4.01. The van der Waals surface area contributed by atoms with Crippen LogP contribution in [0.5, 0.6) is 0 Å². The number of hydrogen-bond acceptors (Lipinski definition) is 5. The molecule has 2 aromatic carbocycles. The predicted molar refractivity (Wildman–Crippen MR) is 120 cm³/mol. The van der Waals surface area contributed by atoms with Gasteiger partial charge in [-0.1, -0.05) is 18.2 Å². The number of para-hydroxylation sites is 1. The van der Waals surface area contributed by atoms with Crippen molar-refractivity contribution in [1.29, 1.82) is 0 Å². The highest BCUT2D eigenvalue weighted by Gasteiger charge is 2.29. The number of furan rings is 1. The number of rotatable bonds is 6. The van der Waals surface area contributed by atoms with Gasteiger partial charge in [0.05, 0.1) is 0 Å². The quantitative estimate of drug-likeness (QED) is 0.359. The Hall–Kier alpha value is -3.06. The molecule has 2 amide bonds. The molecule has 1 fully saturated rings. The molecule has 0 aliphatic carbocycles. The van der Waals surface area contributed by atoms with E-state index in [9.17, 15) is 14.4 Å². The van der Waals surface area contributed by atoms with Gasteiger partial charge in [-0.15, -0.1) is 11.8 Å². The Kier molecular flexibility index (Phi) is 6.42. The van der Waals surface area contributed by atoms with Crippen LogP contribution in [0.2, 0.25) is 0 Å². The summed E-state index contributed by atoms with van der Waals surface area (Å²) in [6.45, 7) is 1.55. The number of likely N-dealkylation sites (tertiary alicyclic amines) is 1. The summed E-state index contributed by atoms with van der Waals surface area (Å²) in [4.78, 5) is 40.2. The van der Waals surface area contributed by atoms with Crippen molar-refractivity contribution in [3.05, 3.63) is 65.9 Å². The maximum Gasteiger partial charge on any atom is 0.298 e. The Labute approximate surface area is 185 Å². The third-order valence-corrected chi connectivity index (χ3v) is 6.39. The van der Waals surface area contributed by atoms with E-state index in [1.165, 1.54) is 0 Å². The van der Waals surface area contributed by atoms with Crippen molar-refractivity contribution in [2.24, 2.45) is 5.92 Å². The zero-order valence-electron chi connectivity index (χ0n) is 17.3. The van der Waals surface area contributed by atoms with Gasteiger partial charge in [-0.25, -0.2) is 0 Å². The topological polar surface area (TPSA) is 79.6 Å². The summed E-state index contributed by atoms with van der Waals surface area (Å²) >= 11 is 1.64. The lowest BCUT2D eigenvalue weighted by atomic mass is 9.96. The van der Waals surface area contributed by atoms with E-state index in [-0.39, 0.29) is 17.6 Å². The summed E-state index contributed by atoms with van der Waals surface area (Å²) in [5.41, 5.74) is 1.23. The van der Waals surface area contributed by atoms with Crippen LogP contribution in [0.25, 0.3) is 11.0 Å². The van der Waals surface area contributed by atoms with E-state index in [1.54, 1.807) is 28.8 Å². The van der Waals surface area contributed by atoms with Gasteiger partial charge < -0.3 is 14.6 Å². The summed E-state index contributed by atoms with van der Waals surface area (Å²) in [6, 6.07) is 16.4. The summed E-state index contributed by atoms with van der Waals surface area (Å²) in [6.07, 6.45) is 3.48. The van der Waals surface area contributed by atoms with Crippen molar-refractivity contribution in [1.82, 2.24) is 10.2 Å². The van der Waals surface area contributed by atoms with Gasteiger partial charge in [-0.05, 0) is 61.4 Å². The number of carbonyl (C=O) groups excluding carboxylic acids is 3. The van der Waals surface area contributed by atoms with Crippen LogP contribution in [0.3, 0.4) is 0 Å². The molecule has 7 heteroatoms. The number of thioether (sulfide) groups is 1. The molecule has 160 valence electrons. The highest BCUT2D eigenvalue weighted by molar-refractivity contribution is 7.98. The van der Waals surface area contributed by atoms with Crippen molar-refractivity contribution in [2.45, 2.75) is 17.7 Å². The van der Waals surface area contributed by atoms with Crippen LogP contribution < -0.4 is 5.32 Å². The maximum atomic E-state index is 12.6. The van der Waals surface area contributed by atoms with Gasteiger partial charge in [-0.3, -0.25) is 14.4 Å². The first kappa shape index (κ1) is 21.2. The van der Waals surface area contributed by atoms with Crippen LogP contribution in [0.1, 0.15) is 33.8 Å². The van der Waals surface area contributed by atoms with Gasteiger partial charge in [0.2, 0.25) is 0 Å². The molecule has 3 aromatic rings. The first-order valence-corrected chi connectivity index (χ1v) is 11.5. The minimum Gasteiger partial charge on any atom is -0.452 e. The minimum absolute atomic E-state index is 0.0769. The van der Waals surface area contributed by atoms with Crippen molar-refractivity contribution in [3.8, 4) is 0 Å². The number of nitrogens with zero attached hydrogens (tertiary/aromatic N) is 1. The van der Waals surface area contributed by atoms with E-state index in [2.05, 4.69) is 5.32 Å². The molecule has 0 saturated carbocycles. The standard InChI is InChI=1S/C24H24N2O4S/c1-31-19-8-6-17(7-9-19)23(28)25-15-16-10-12-26(13-11-16)24(29)22(27)21-14-18-4-2-3-5-20(18)30-21/h2-9,14,16H,10-13,15H2,1H3,(H,25,28). The number of piperidine rings is 1. The van der Waals surface area contributed by atoms with Crippen molar-refractivity contribution in [2.75, 3.05) is 25.9 Å². The zero-order chi connectivity index (χ0) is 21.8. The molecule has 1 aromatic heterocycles. The average Bonchev–Trinajstić information content (AvgIpc) is 3.26. The molecule has 1 saturated heterocycles. The van der Waals surface area contributed by atoms with Crippen LogP contribution in [0.4, 0.5) is 0 Å². The zero-order valence-corrected chi connectivity index (χ0v) is 18.1. The van der Waals surface area contributed by atoms with Crippen molar-refractivity contribution in [3.63, 3.8) is 0 Å². The molecule has 4 rings (SSSR count). The highest BCUT2D eigenvalue weighted by atomic mass is 32.2. The SMILES string of the molecule is CSc1ccc(C(=O)NCC2CCN(C(=O)C(=O)c3cc4ccccc4o3)CC2)cc1. The first-order valence-electron chi connectivity index (χ1n) is 10.3. The Morgan fingerprint density at radius 3 is 2.45 bits per heavy atom. The van der Waals surface area contributed by atoms with E-state index in [0.717, 1.165) is 23.1 Å². The number of amides is 2. The second-order valence-electron chi connectivity index (χ2n) is 7.65. The van der Waals surface area contributed by atoms with E-state index >= 15 is 0 Å². The summed E-state index contributed by atoms with van der Waals surface area (Å²) in [5, 5.41) is 3.78. The molecule has 0 radical (unpaired) electrons. The second-order valence-corrected chi connectivity index (χ2v) is 8.53. The summed E-state index contributed by atoms with van der Waals surface area (Å²) < 4.78 is 5.54. The smallest absolute Gasteiger partial charge is 0.298 e. The molecule has 2 heterocycles. The van der Waals surface area contributed by atoms with E-state index in [4.69, 9.17) is 4.42 Å². The Morgan fingerprint density at radius 2 is 1.77 bits per heavy atom. The number of hydrogen-bond donors (Lipinski definition) is 1. The number of fused-ring (bicyclic) bond motifs is 1. The van der Waals surface area contributed by atoms with Crippen LogP contribution in [0.15, 0.2) is 63.9 Å². The minimum atomic E-state index is -0.614. The number of benzene rings is 2. The number of Topliss-reactive ketones (excluding diaryl/α,β-unsaturated/α-hetero) is 1. The largest absolute Gasteiger partial charge is 0.452 e. The van der Waals surface area contributed by atoms with Gasteiger partial charge in [0.15, 0.2) is 5.76 Å². The van der Waals surface area contributed by atoms with Crippen LogP contribution in [0, 0.1) is 5.92 Å². The Bertz CT molecular complexity index is 1070. The fourth-order valence-corrected chi connectivity index (χ4v) is 4.17. The van der Waals surface area contributed by atoms with E-state index in [1.807, 2.05) is 48.7 Å². The number of nitrogens with one attached hydrogen (secondary N) is 1. The number of carbonyl (C=O) groups is 3. The molecule has 6 nitrogen and oxygen atoms in total. The van der Waals surface area contributed by atoms with Crippen LogP contribution in [-0.4, -0.2) is 48.4 Å². The average molecular weight is 437 g/mol. The molecule has 0 bridgehead atoms. The molecule has 1 aliphatic heterocycles. The third kappa shape index (κ3) is 4.82. The van der Waals surface area contributed by atoms with E-state index in [0.29, 0.717) is 30.8 Å². The summed E-state index contributed by atoms with van der Waals surface area (Å²) in [5.74, 6) is -0.883. The lowest BCUT2D eigenvalue weighted by molar-refractivity contribution is -0.127. The lowest BCUT2D eigenvalue weighted by Crippen LogP contribution is -2.44. The van der Waals surface area contributed by atoms with Gasteiger partial charge in [0.1, 0.15) is 5.58 Å². The van der Waals surface area contributed by atoms with E-state index < -0.39 is 11.7 Å². The van der Waals surface area contributed by atoms with Crippen LogP contribution >= 0.6 is 11.8 Å².